The molecule has 0 spiro atoms. The first-order chi connectivity index (χ1) is 7.85. The quantitative estimate of drug-likeness (QED) is 0.736. The average molecular weight is 228 g/mol. The first-order valence-corrected chi connectivity index (χ1v) is 6.36. The number of likely N-dealkylation sites (tertiary alicyclic amines) is 1. The second-order valence-corrected chi connectivity index (χ2v) is 5.03. The van der Waals surface area contributed by atoms with E-state index < -0.39 is 0 Å². The van der Waals surface area contributed by atoms with E-state index >= 15 is 0 Å². The van der Waals surface area contributed by atoms with Crippen LogP contribution in [-0.2, 0) is 9.47 Å². The van der Waals surface area contributed by atoms with E-state index in [9.17, 15) is 0 Å². The number of nitrogens with two attached hydrogens (primary N) is 1. The molecule has 0 aromatic rings. The van der Waals surface area contributed by atoms with Crippen LogP contribution in [0, 0.1) is 11.8 Å². The van der Waals surface area contributed by atoms with Crippen molar-refractivity contribution in [2.45, 2.75) is 18.9 Å². The Kier molecular flexibility index (Phi) is 4.58. The number of hydrogen-bond acceptors (Lipinski definition) is 4. The van der Waals surface area contributed by atoms with Gasteiger partial charge in [-0.2, -0.15) is 0 Å². The van der Waals surface area contributed by atoms with E-state index in [1.807, 2.05) is 0 Å². The molecule has 0 aliphatic carbocycles. The monoisotopic (exact) mass is 228 g/mol. The Bertz CT molecular complexity index is 207. The fourth-order valence-electron chi connectivity index (χ4n) is 3.03. The zero-order valence-corrected chi connectivity index (χ0v) is 10.2. The van der Waals surface area contributed by atoms with E-state index in [0.29, 0.717) is 17.9 Å². The molecule has 2 rings (SSSR count). The first kappa shape index (κ1) is 12.3. The molecular weight excluding hydrogens is 204 g/mol. The van der Waals surface area contributed by atoms with Crippen LogP contribution in [0.1, 0.15) is 12.8 Å². The van der Waals surface area contributed by atoms with E-state index in [0.717, 1.165) is 32.9 Å². The van der Waals surface area contributed by atoms with Gasteiger partial charge in [0.2, 0.25) is 0 Å². The Morgan fingerprint density at radius 2 is 2.38 bits per heavy atom. The molecule has 2 saturated heterocycles. The molecule has 3 atom stereocenters. The van der Waals surface area contributed by atoms with Crippen LogP contribution >= 0.6 is 0 Å². The van der Waals surface area contributed by atoms with E-state index in [2.05, 4.69) is 4.90 Å². The summed E-state index contributed by atoms with van der Waals surface area (Å²) in [7, 11) is 1.79. The van der Waals surface area contributed by atoms with Gasteiger partial charge < -0.3 is 15.2 Å². The van der Waals surface area contributed by atoms with Gasteiger partial charge in [0.25, 0.3) is 0 Å². The molecule has 2 heterocycles. The van der Waals surface area contributed by atoms with Gasteiger partial charge in [0, 0.05) is 38.8 Å². The van der Waals surface area contributed by atoms with Gasteiger partial charge in [-0.3, -0.25) is 4.90 Å². The topological polar surface area (TPSA) is 47.7 Å². The summed E-state index contributed by atoms with van der Waals surface area (Å²) in [6.07, 6.45) is 2.42. The summed E-state index contributed by atoms with van der Waals surface area (Å²) in [5.74, 6) is 1.34. The third-order valence-corrected chi connectivity index (χ3v) is 3.94. The van der Waals surface area contributed by atoms with Gasteiger partial charge in [0.05, 0.1) is 13.2 Å². The van der Waals surface area contributed by atoms with Gasteiger partial charge in [-0.1, -0.05) is 0 Å². The standard InChI is InChI=1S/C12H24N2O2/c1-15-8-10-2-4-14(7-10)12(6-13)11-3-5-16-9-11/h10-12H,2-9,13H2,1H3. The zero-order valence-electron chi connectivity index (χ0n) is 10.2. The fraction of sp³-hybridized carbons (Fsp3) is 1.00. The smallest absolute Gasteiger partial charge is 0.0510 e. The van der Waals surface area contributed by atoms with Crippen LogP contribution in [0.4, 0.5) is 0 Å². The van der Waals surface area contributed by atoms with Crippen LogP contribution in [0.15, 0.2) is 0 Å². The molecule has 4 heteroatoms. The Hall–Kier alpha value is -0.160. The second-order valence-electron chi connectivity index (χ2n) is 5.03. The molecule has 0 amide bonds. The maximum atomic E-state index is 5.92. The molecule has 2 aliphatic rings. The molecule has 0 aromatic heterocycles. The summed E-state index contributed by atoms with van der Waals surface area (Å²) in [6.45, 7) is 5.77. The van der Waals surface area contributed by atoms with Gasteiger partial charge in [-0.15, -0.1) is 0 Å². The third-order valence-electron chi connectivity index (χ3n) is 3.94. The van der Waals surface area contributed by atoms with Crippen molar-refractivity contribution >= 4 is 0 Å². The average Bonchev–Trinajstić information content (AvgIpc) is 2.92. The van der Waals surface area contributed by atoms with Gasteiger partial charge >= 0.3 is 0 Å². The lowest BCUT2D eigenvalue weighted by Gasteiger charge is -2.30. The van der Waals surface area contributed by atoms with Crippen molar-refractivity contribution in [1.82, 2.24) is 4.90 Å². The van der Waals surface area contributed by atoms with E-state index in [1.54, 1.807) is 7.11 Å². The van der Waals surface area contributed by atoms with Crippen molar-refractivity contribution in [2.24, 2.45) is 17.6 Å². The molecule has 4 nitrogen and oxygen atoms in total. The summed E-state index contributed by atoms with van der Waals surface area (Å²) in [5, 5.41) is 0. The summed E-state index contributed by atoms with van der Waals surface area (Å²) < 4.78 is 10.7. The lowest BCUT2D eigenvalue weighted by molar-refractivity contribution is 0.122. The summed E-state index contributed by atoms with van der Waals surface area (Å²) in [4.78, 5) is 2.54. The second kappa shape index (κ2) is 5.96. The SMILES string of the molecule is COCC1CCN(C(CN)C2CCOC2)C1. The molecule has 0 saturated carbocycles. The minimum Gasteiger partial charge on any atom is -0.384 e. The molecule has 94 valence electrons. The van der Waals surface area contributed by atoms with Crippen LogP contribution in [0.2, 0.25) is 0 Å². The largest absolute Gasteiger partial charge is 0.384 e. The van der Waals surface area contributed by atoms with Crippen molar-refractivity contribution in [3.63, 3.8) is 0 Å². The van der Waals surface area contributed by atoms with Gasteiger partial charge in [0.1, 0.15) is 0 Å². The minimum absolute atomic E-state index is 0.518. The Morgan fingerprint density at radius 3 is 3.00 bits per heavy atom. The normalized spacial score (nSPS) is 33.4. The highest BCUT2D eigenvalue weighted by molar-refractivity contribution is 4.87. The van der Waals surface area contributed by atoms with Crippen molar-refractivity contribution in [2.75, 3.05) is 46.6 Å². The van der Waals surface area contributed by atoms with Crippen LogP contribution in [0.25, 0.3) is 0 Å². The van der Waals surface area contributed by atoms with Crippen LogP contribution in [0.5, 0.6) is 0 Å². The molecule has 16 heavy (non-hydrogen) atoms. The number of nitrogens with zero attached hydrogens (tertiary/aromatic N) is 1. The molecule has 2 aliphatic heterocycles. The van der Waals surface area contributed by atoms with Crippen molar-refractivity contribution in [3.05, 3.63) is 0 Å². The molecule has 2 N–H and O–H groups in total. The van der Waals surface area contributed by atoms with E-state index in [-0.39, 0.29) is 0 Å². The van der Waals surface area contributed by atoms with E-state index in [4.69, 9.17) is 15.2 Å². The highest BCUT2D eigenvalue weighted by Gasteiger charge is 2.33. The molecule has 2 fully saturated rings. The molecular formula is C12H24N2O2. The number of methoxy groups -OCH3 is 1. The van der Waals surface area contributed by atoms with Crippen LogP contribution < -0.4 is 5.73 Å². The minimum atomic E-state index is 0.518. The molecule has 0 radical (unpaired) electrons. The third kappa shape index (κ3) is 2.74. The molecule has 3 unspecified atom stereocenters. The molecule has 0 aromatic carbocycles. The highest BCUT2D eigenvalue weighted by atomic mass is 16.5. The predicted octanol–water partition coefficient (Wildman–Crippen LogP) is 0.319. The maximum Gasteiger partial charge on any atom is 0.0510 e. The van der Waals surface area contributed by atoms with Gasteiger partial charge in [0.15, 0.2) is 0 Å². The Labute approximate surface area is 98.1 Å². The van der Waals surface area contributed by atoms with Crippen molar-refractivity contribution in [3.8, 4) is 0 Å². The highest BCUT2D eigenvalue weighted by Crippen LogP contribution is 2.26. The first-order valence-electron chi connectivity index (χ1n) is 6.36. The maximum absolute atomic E-state index is 5.92. The van der Waals surface area contributed by atoms with Gasteiger partial charge in [-0.25, -0.2) is 0 Å². The zero-order chi connectivity index (χ0) is 11.4. The van der Waals surface area contributed by atoms with Crippen molar-refractivity contribution in [1.29, 1.82) is 0 Å². The van der Waals surface area contributed by atoms with Crippen LogP contribution in [-0.4, -0.2) is 57.5 Å². The molecule has 0 bridgehead atoms. The lowest BCUT2D eigenvalue weighted by Crippen LogP contribution is -2.44. The summed E-state index contributed by atoms with van der Waals surface area (Å²) in [5.41, 5.74) is 5.92. The van der Waals surface area contributed by atoms with E-state index in [1.165, 1.54) is 19.4 Å². The summed E-state index contributed by atoms with van der Waals surface area (Å²) >= 11 is 0. The van der Waals surface area contributed by atoms with Crippen LogP contribution in [0.3, 0.4) is 0 Å². The fourth-order valence-corrected chi connectivity index (χ4v) is 3.03. The summed E-state index contributed by atoms with van der Waals surface area (Å²) in [6, 6.07) is 0.518. The number of rotatable bonds is 5. The Balaban J connectivity index is 1.85. The van der Waals surface area contributed by atoms with Gasteiger partial charge in [-0.05, 0) is 25.3 Å². The number of hydrogen-bond donors (Lipinski definition) is 1. The Morgan fingerprint density at radius 1 is 1.50 bits per heavy atom. The number of ether oxygens (including phenoxy) is 2. The predicted molar refractivity (Wildman–Crippen MR) is 63.3 cm³/mol. The lowest BCUT2D eigenvalue weighted by atomic mass is 9.98. The van der Waals surface area contributed by atoms with Crippen molar-refractivity contribution < 1.29 is 9.47 Å².